The van der Waals surface area contributed by atoms with E-state index in [1.54, 1.807) is 18.2 Å². The van der Waals surface area contributed by atoms with E-state index in [1.165, 1.54) is 11.8 Å². The van der Waals surface area contributed by atoms with Crippen LogP contribution in [0.5, 0.6) is 0 Å². The number of rotatable bonds is 6. The van der Waals surface area contributed by atoms with Crippen molar-refractivity contribution < 1.29 is 4.79 Å². The Balaban J connectivity index is 1.67. The number of benzene rings is 3. The Morgan fingerprint density at radius 3 is 2.39 bits per heavy atom. The third kappa shape index (κ3) is 6.96. The summed E-state index contributed by atoms with van der Waals surface area (Å²) in [5, 5.41) is 12.2. The molecule has 0 heterocycles. The highest BCUT2D eigenvalue weighted by Crippen LogP contribution is 2.23. The van der Waals surface area contributed by atoms with Crippen molar-refractivity contribution in [2.75, 3.05) is 0 Å². The normalized spacial score (nSPS) is 11.1. The Kier molecular flexibility index (Phi) is 8.29. The predicted octanol–water partition coefficient (Wildman–Crippen LogP) is 5.89. The Morgan fingerprint density at radius 2 is 1.71 bits per heavy atom. The third-order valence-electron chi connectivity index (χ3n) is 4.29. The summed E-state index contributed by atoms with van der Waals surface area (Å²) in [7, 11) is 0. The average Bonchev–Trinajstić information content (AvgIpc) is 2.78. The SMILES string of the molecule is N#Cc1ccc(CNC(=O)c2ccc(Br)cc2CS/C(N)=N/c2ccc(Br)cc2)cc1. The third-order valence-corrected chi connectivity index (χ3v) is 6.15. The van der Waals surface area contributed by atoms with Crippen LogP contribution in [0.3, 0.4) is 0 Å². The summed E-state index contributed by atoms with van der Waals surface area (Å²) in [5.74, 6) is 0.334. The van der Waals surface area contributed by atoms with Crippen molar-refractivity contribution in [3.8, 4) is 6.07 Å². The summed E-state index contributed by atoms with van der Waals surface area (Å²) in [5.41, 5.74) is 9.79. The van der Waals surface area contributed by atoms with E-state index in [0.717, 1.165) is 25.8 Å². The van der Waals surface area contributed by atoms with Crippen molar-refractivity contribution in [2.45, 2.75) is 12.3 Å². The summed E-state index contributed by atoms with van der Waals surface area (Å²) in [6.45, 7) is 0.375. The maximum Gasteiger partial charge on any atom is 0.251 e. The maximum atomic E-state index is 12.8. The molecule has 0 aromatic heterocycles. The molecule has 0 fully saturated rings. The lowest BCUT2D eigenvalue weighted by molar-refractivity contribution is 0.0950. The molecule has 1 amide bonds. The molecule has 156 valence electrons. The molecule has 0 radical (unpaired) electrons. The Morgan fingerprint density at radius 1 is 1.03 bits per heavy atom. The van der Waals surface area contributed by atoms with E-state index in [0.29, 0.717) is 28.6 Å². The van der Waals surface area contributed by atoms with E-state index in [2.05, 4.69) is 48.2 Å². The van der Waals surface area contributed by atoms with Gasteiger partial charge in [-0.2, -0.15) is 5.26 Å². The summed E-state index contributed by atoms with van der Waals surface area (Å²) in [6, 6.07) is 22.3. The minimum Gasteiger partial charge on any atom is -0.378 e. The minimum absolute atomic E-state index is 0.170. The molecule has 0 unspecified atom stereocenters. The summed E-state index contributed by atoms with van der Waals surface area (Å²) in [6.07, 6.45) is 0. The number of amidine groups is 1. The van der Waals surface area contributed by atoms with Crippen LogP contribution in [-0.2, 0) is 12.3 Å². The first-order valence-electron chi connectivity index (χ1n) is 9.23. The van der Waals surface area contributed by atoms with Crippen molar-refractivity contribution >= 4 is 60.4 Å². The molecule has 0 aliphatic heterocycles. The van der Waals surface area contributed by atoms with E-state index in [4.69, 9.17) is 11.0 Å². The van der Waals surface area contributed by atoms with Gasteiger partial charge in [0, 0.05) is 26.8 Å². The Bertz CT molecular complexity index is 1140. The van der Waals surface area contributed by atoms with Gasteiger partial charge in [-0.15, -0.1) is 0 Å². The molecule has 0 saturated carbocycles. The van der Waals surface area contributed by atoms with Gasteiger partial charge in [0.2, 0.25) is 0 Å². The van der Waals surface area contributed by atoms with Crippen molar-refractivity contribution in [2.24, 2.45) is 10.7 Å². The lowest BCUT2D eigenvalue weighted by Gasteiger charge is -2.11. The van der Waals surface area contributed by atoms with Crippen LogP contribution in [0, 0.1) is 11.3 Å². The van der Waals surface area contributed by atoms with Crippen LogP contribution in [0.1, 0.15) is 27.0 Å². The van der Waals surface area contributed by atoms with Gasteiger partial charge in [-0.3, -0.25) is 4.79 Å². The van der Waals surface area contributed by atoms with E-state index in [1.807, 2.05) is 48.5 Å². The number of nitrogens with zero attached hydrogens (tertiary/aromatic N) is 2. The van der Waals surface area contributed by atoms with Gasteiger partial charge in [0.15, 0.2) is 5.17 Å². The van der Waals surface area contributed by atoms with Crippen LogP contribution < -0.4 is 11.1 Å². The molecule has 0 aliphatic carbocycles. The predicted molar refractivity (Wildman–Crippen MR) is 133 cm³/mol. The fourth-order valence-electron chi connectivity index (χ4n) is 2.70. The highest BCUT2D eigenvalue weighted by Gasteiger charge is 2.13. The number of amides is 1. The zero-order chi connectivity index (χ0) is 22.2. The van der Waals surface area contributed by atoms with Crippen molar-refractivity contribution in [1.29, 1.82) is 5.26 Å². The zero-order valence-corrected chi connectivity index (χ0v) is 20.3. The number of hydrogen-bond donors (Lipinski definition) is 2. The minimum atomic E-state index is -0.170. The summed E-state index contributed by atoms with van der Waals surface area (Å²) < 4.78 is 1.86. The molecule has 0 bridgehead atoms. The second-order valence-corrected chi connectivity index (χ2v) is 9.33. The quantitative estimate of drug-likeness (QED) is 0.292. The molecule has 3 aromatic rings. The molecule has 0 saturated heterocycles. The first-order valence-corrected chi connectivity index (χ1v) is 11.8. The lowest BCUT2D eigenvalue weighted by Crippen LogP contribution is -2.24. The molecule has 8 heteroatoms. The number of carbonyl (C=O) groups excluding carboxylic acids is 1. The van der Waals surface area contributed by atoms with E-state index in [-0.39, 0.29) is 5.91 Å². The summed E-state index contributed by atoms with van der Waals surface area (Å²) >= 11 is 8.24. The molecule has 31 heavy (non-hydrogen) atoms. The molecule has 3 rings (SSSR count). The van der Waals surface area contributed by atoms with Crippen molar-refractivity contribution in [1.82, 2.24) is 5.32 Å². The molecule has 0 aliphatic rings. The van der Waals surface area contributed by atoms with E-state index in [9.17, 15) is 4.79 Å². The van der Waals surface area contributed by atoms with Gasteiger partial charge in [0.1, 0.15) is 0 Å². The molecule has 0 spiro atoms. The number of nitriles is 1. The van der Waals surface area contributed by atoms with Gasteiger partial charge >= 0.3 is 0 Å². The fraction of sp³-hybridized carbons (Fsp3) is 0.0870. The van der Waals surface area contributed by atoms with Crippen LogP contribution in [0.15, 0.2) is 80.7 Å². The number of nitrogens with two attached hydrogens (primary N) is 1. The second kappa shape index (κ2) is 11.1. The molecule has 5 nitrogen and oxygen atoms in total. The van der Waals surface area contributed by atoms with Gasteiger partial charge in [-0.05, 0) is 65.7 Å². The molecule has 3 N–H and O–H groups in total. The number of aliphatic imine (C=N–C) groups is 1. The van der Waals surface area contributed by atoms with Gasteiger partial charge in [-0.1, -0.05) is 55.8 Å². The number of carbonyl (C=O) groups is 1. The number of nitrogens with one attached hydrogen (secondary N) is 1. The smallest absolute Gasteiger partial charge is 0.251 e. The second-order valence-electron chi connectivity index (χ2n) is 6.51. The highest BCUT2D eigenvalue weighted by molar-refractivity contribution is 9.10. The monoisotopic (exact) mass is 556 g/mol. The van der Waals surface area contributed by atoms with Gasteiger partial charge in [-0.25, -0.2) is 4.99 Å². The van der Waals surface area contributed by atoms with Crippen LogP contribution in [-0.4, -0.2) is 11.1 Å². The number of thioether (sulfide) groups is 1. The Labute approximate surface area is 202 Å². The van der Waals surface area contributed by atoms with E-state index >= 15 is 0 Å². The standard InChI is InChI=1S/C23H18Br2N4OS/c24-18-5-8-20(9-6-18)29-23(27)31-14-17-11-19(25)7-10-21(17)22(30)28-13-16-3-1-15(12-26)2-4-16/h1-11H,13-14H2,(H2,27,29)(H,28,30). The topological polar surface area (TPSA) is 91.3 Å². The van der Waals surface area contributed by atoms with Crippen LogP contribution >= 0.6 is 43.6 Å². The average molecular weight is 558 g/mol. The van der Waals surface area contributed by atoms with Crippen molar-refractivity contribution in [3.05, 3.63) is 97.9 Å². The van der Waals surface area contributed by atoms with Crippen LogP contribution in [0.25, 0.3) is 0 Å². The first kappa shape index (κ1) is 23.1. The Hall–Kier alpha value is -2.60. The number of halogens is 2. The lowest BCUT2D eigenvalue weighted by atomic mass is 10.1. The fourth-order valence-corrected chi connectivity index (χ4v) is 4.09. The van der Waals surface area contributed by atoms with Crippen LogP contribution in [0.4, 0.5) is 5.69 Å². The molecule has 3 aromatic carbocycles. The van der Waals surface area contributed by atoms with Crippen LogP contribution in [0.2, 0.25) is 0 Å². The number of hydrogen-bond acceptors (Lipinski definition) is 4. The summed E-state index contributed by atoms with van der Waals surface area (Å²) in [4.78, 5) is 17.2. The zero-order valence-electron chi connectivity index (χ0n) is 16.3. The maximum absolute atomic E-state index is 12.8. The molecule has 0 atom stereocenters. The van der Waals surface area contributed by atoms with Gasteiger partial charge in [0.05, 0.1) is 17.3 Å². The largest absolute Gasteiger partial charge is 0.378 e. The molecular formula is C23H18Br2N4OS. The van der Waals surface area contributed by atoms with E-state index < -0.39 is 0 Å². The van der Waals surface area contributed by atoms with Crippen molar-refractivity contribution in [3.63, 3.8) is 0 Å². The first-order chi connectivity index (χ1) is 14.9. The molecular weight excluding hydrogens is 540 g/mol. The highest BCUT2D eigenvalue weighted by atomic mass is 79.9. The van der Waals surface area contributed by atoms with Gasteiger partial charge < -0.3 is 11.1 Å². The van der Waals surface area contributed by atoms with Gasteiger partial charge in [0.25, 0.3) is 5.91 Å².